The number of fused-ring (bicyclic) bond motifs is 1. The second kappa shape index (κ2) is 10.6. The van der Waals surface area contributed by atoms with Gasteiger partial charge in [0.15, 0.2) is 0 Å². The molecule has 0 atom stereocenters. The number of carbonyl (C=O) groups excluding carboxylic acids is 2. The van der Waals surface area contributed by atoms with Crippen LogP contribution in [0.2, 0.25) is 5.02 Å². The van der Waals surface area contributed by atoms with Crippen molar-refractivity contribution in [1.29, 1.82) is 0 Å². The van der Waals surface area contributed by atoms with Gasteiger partial charge in [0.25, 0.3) is 11.5 Å². The number of esters is 1. The number of ether oxygens (including phenoxy) is 1. The molecule has 2 aromatic heterocycles. The summed E-state index contributed by atoms with van der Waals surface area (Å²) < 4.78 is 6.60. The lowest BCUT2D eigenvalue weighted by Crippen LogP contribution is -2.16. The molecule has 0 unspecified atom stereocenters. The van der Waals surface area contributed by atoms with Gasteiger partial charge < -0.3 is 10.1 Å². The highest BCUT2D eigenvalue weighted by atomic mass is 35.5. The van der Waals surface area contributed by atoms with Crippen molar-refractivity contribution in [3.8, 4) is 0 Å². The van der Waals surface area contributed by atoms with E-state index < -0.39 is 5.97 Å². The number of aromatic nitrogens is 3. The lowest BCUT2D eigenvalue weighted by molar-refractivity contribution is 0.0467. The van der Waals surface area contributed by atoms with Gasteiger partial charge in [0.05, 0.1) is 11.3 Å². The van der Waals surface area contributed by atoms with E-state index in [1.165, 1.54) is 21.9 Å². The molecule has 0 saturated heterocycles. The number of nitrogens with one attached hydrogen (secondary N) is 1. The maximum Gasteiger partial charge on any atom is 0.338 e. The van der Waals surface area contributed by atoms with E-state index in [-0.39, 0.29) is 18.1 Å². The Hall–Kier alpha value is -3.56. The maximum atomic E-state index is 12.4. The van der Waals surface area contributed by atoms with Gasteiger partial charge in [0, 0.05) is 28.8 Å². The zero-order valence-electron chi connectivity index (χ0n) is 18.3. The molecule has 1 amide bonds. The molecule has 0 radical (unpaired) electrons. The van der Waals surface area contributed by atoms with E-state index >= 15 is 0 Å². The van der Waals surface area contributed by atoms with Crippen LogP contribution in [0.5, 0.6) is 0 Å². The third-order valence-electron chi connectivity index (χ3n) is 4.92. The topological polar surface area (TPSA) is 103 Å². The number of carbonyl (C=O) groups is 2. The van der Waals surface area contributed by atoms with Gasteiger partial charge in [-0.15, -0.1) is 0 Å². The van der Waals surface area contributed by atoms with Crippen LogP contribution in [-0.4, -0.2) is 26.5 Å². The van der Waals surface area contributed by atoms with Gasteiger partial charge >= 0.3 is 5.97 Å². The number of hydrogen-bond acceptors (Lipinski definition) is 7. The second-order valence-corrected chi connectivity index (χ2v) is 8.97. The molecule has 0 aliphatic rings. The quantitative estimate of drug-likeness (QED) is 0.353. The van der Waals surface area contributed by atoms with Crippen LogP contribution in [0.4, 0.5) is 5.69 Å². The summed E-state index contributed by atoms with van der Waals surface area (Å²) in [4.78, 5) is 41.9. The monoisotopic (exact) mass is 496 g/mol. The number of rotatable bonds is 8. The van der Waals surface area contributed by atoms with E-state index in [0.29, 0.717) is 32.5 Å². The highest BCUT2D eigenvalue weighted by Crippen LogP contribution is 2.16. The molecule has 4 rings (SSSR count). The molecule has 8 nitrogen and oxygen atoms in total. The SMILES string of the molecule is CCCCc1nn2c(=O)cc(COC(=O)c3ccc(NC(=O)c4ccc(Cl)cc4)cc3)nc2s1. The summed E-state index contributed by atoms with van der Waals surface area (Å²) in [5.41, 5.74) is 1.35. The lowest BCUT2D eigenvalue weighted by Gasteiger charge is -2.07. The number of unbranched alkanes of at least 4 members (excludes halogenated alkanes) is 1. The number of halogens is 1. The molecule has 0 fully saturated rings. The Labute approximate surface area is 204 Å². The van der Waals surface area contributed by atoms with Gasteiger partial charge in [-0.3, -0.25) is 9.59 Å². The number of amides is 1. The van der Waals surface area contributed by atoms with E-state index in [0.717, 1.165) is 24.3 Å². The van der Waals surface area contributed by atoms with Crippen molar-refractivity contribution in [2.75, 3.05) is 5.32 Å². The number of nitrogens with zero attached hydrogens (tertiary/aromatic N) is 3. The molecule has 0 saturated carbocycles. The number of hydrogen-bond donors (Lipinski definition) is 1. The Balaban J connectivity index is 1.37. The first-order valence-corrected chi connectivity index (χ1v) is 11.8. The molecule has 0 aliphatic carbocycles. The van der Waals surface area contributed by atoms with Crippen LogP contribution < -0.4 is 10.9 Å². The average Bonchev–Trinajstić information content (AvgIpc) is 3.25. The minimum Gasteiger partial charge on any atom is -0.456 e. The normalized spacial score (nSPS) is 10.9. The molecule has 2 heterocycles. The van der Waals surface area contributed by atoms with Crippen LogP contribution >= 0.6 is 22.9 Å². The summed E-state index contributed by atoms with van der Waals surface area (Å²) in [6, 6.07) is 14.2. The third-order valence-corrected chi connectivity index (χ3v) is 6.14. The van der Waals surface area contributed by atoms with Crippen molar-refractivity contribution < 1.29 is 14.3 Å². The molecule has 2 aromatic carbocycles. The standard InChI is InChI=1S/C24H21ClN4O4S/c1-2-3-4-20-28-29-21(30)13-19(27-24(29)34-20)14-33-23(32)16-7-11-18(12-8-16)26-22(31)15-5-9-17(25)10-6-15/h5-13H,2-4,14H2,1H3,(H,26,31). The van der Waals surface area contributed by atoms with Crippen molar-refractivity contribution in [3.05, 3.63) is 91.8 Å². The van der Waals surface area contributed by atoms with Gasteiger partial charge in [-0.25, -0.2) is 9.78 Å². The molecular weight excluding hydrogens is 476 g/mol. The number of benzene rings is 2. The molecule has 174 valence electrons. The van der Waals surface area contributed by atoms with E-state index in [2.05, 4.69) is 22.3 Å². The maximum absolute atomic E-state index is 12.4. The highest BCUT2D eigenvalue weighted by Gasteiger charge is 2.13. The summed E-state index contributed by atoms with van der Waals surface area (Å²) in [6.45, 7) is 1.96. The van der Waals surface area contributed by atoms with Gasteiger partial charge in [-0.2, -0.15) is 9.61 Å². The van der Waals surface area contributed by atoms with Crippen LogP contribution in [0.3, 0.4) is 0 Å². The van der Waals surface area contributed by atoms with Gasteiger partial charge in [0.1, 0.15) is 11.6 Å². The Morgan fingerprint density at radius 2 is 1.79 bits per heavy atom. The molecule has 0 spiro atoms. The smallest absolute Gasteiger partial charge is 0.338 e. The lowest BCUT2D eigenvalue weighted by atomic mass is 10.2. The van der Waals surface area contributed by atoms with Crippen molar-refractivity contribution in [2.45, 2.75) is 32.8 Å². The first-order chi connectivity index (χ1) is 16.4. The molecule has 4 aromatic rings. The molecule has 0 bridgehead atoms. The summed E-state index contributed by atoms with van der Waals surface area (Å²) in [5, 5.41) is 8.45. The van der Waals surface area contributed by atoms with E-state index in [1.54, 1.807) is 48.5 Å². The van der Waals surface area contributed by atoms with Gasteiger partial charge in [0.2, 0.25) is 4.96 Å². The molecule has 34 heavy (non-hydrogen) atoms. The molecule has 1 N–H and O–H groups in total. The fraction of sp³-hybridized carbons (Fsp3) is 0.208. The zero-order chi connectivity index (χ0) is 24.1. The van der Waals surface area contributed by atoms with Crippen LogP contribution in [0, 0.1) is 0 Å². The number of aryl methyl sites for hydroxylation is 1. The van der Waals surface area contributed by atoms with Crippen LogP contribution in [0.25, 0.3) is 4.96 Å². The highest BCUT2D eigenvalue weighted by molar-refractivity contribution is 7.16. The Bertz CT molecular complexity index is 1380. The first-order valence-electron chi connectivity index (χ1n) is 10.7. The molecule has 0 aliphatic heterocycles. The first kappa shape index (κ1) is 23.6. The minimum absolute atomic E-state index is 0.137. The largest absolute Gasteiger partial charge is 0.456 e. The Morgan fingerprint density at radius 1 is 1.09 bits per heavy atom. The summed E-state index contributed by atoms with van der Waals surface area (Å²) in [7, 11) is 0. The van der Waals surface area contributed by atoms with Crippen molar-refractivity contribution >= 4 is 45.5 Å². The van der Waals surface area contributed by atoms with Crippen molar-refractivity contribution in [3.63, 3.8) is 0 Å². The summed E-state index contributed by atoms with van der Waals surface area (Å²) in [6.07, 6.45) is 2.82. The Kier molecular flexibility index (Phi) is 7.34. The fourth-order valence-electron chi connectivity index (χ4n) is 3.12. The zero-order valence-corrected chi connectivity index (χ0v) is 19.9. The fourth-order valence-corrected chi connectivity index (χ4v) is 4.20. The van der Waals surface area contributed by atoms with Crippen LogP contribution in [0.1, 0.15) is 51.2 Å². The average molecular weight is 497 g/mol. The van der Waals surface area contributed by atoms with Crippen LogP contribution in [-0.2, 0) is 17.8 Å². The van der Waals surface area contributed by atoms with E-state index in [9.17, 15) is 14.4 Å². The molecule has 10 heteroatoms. The van der Waals surface area contributed by atoms with Crippen molar-refractivity contribution in [1.82, 2.24) is 14.6 Å². The number of anilines is 1. The predicted molar refractivity (Wildman–Crippen MR) is 131 cm³/mol. The minimum atomic E-state index is -0.564. The van der Waals surface area contributed by atoms with E-state index in [1.807, 2.05) is 0 Å². The van der Waals surface area contributed by atoms with E-state index in [4.69, 9.17) is 16.3 Å². The molecular formula is C24H21ClN4O4S. The summed E-state index contributed by atoms with van der Waals surface area (Å²) in [5.74, 6) is -0.855. The van der Waals surface area contributed by atoms with Crippen molar-refractivity contribution in [2.24, 2.45) is 0 Å². The van der Waals surface area contributed by atoms with Gasteiger partial charge in [-0.1, -0.05) is 36.3 Å². The van der Waals surface area contributed by atoms with Crippen LogP contribution in [0.15, 0.2) is 59.4 Å². The predicted octanol–water partition coefficient (Wildman–Crippen LogP) is 4.76. The third kappa shape index (κ3) is 5.67. The summed E-state index contributed by atoms with van der Waals surface area (Å²) >= 11 is 7.20. The van der Waals surface area contributed by atoms with Gasteiger partial charge in [-0.05, 0) is 55.0 Å². The Morgan fingerprint density at radius 3 is 2.50 bits per heavy atom. The second-order valence-electron chi connectivity index (χ2n) is 7.49.